The Balaban J connectivity index is 2.53. The summed E-state index contributed by atoms with van der Waals surface area (Å²) in [5.41, 5.74) is 7.30. The van der Waals surface area contributed by atoms with Crippen LogP contribution < -0.4 is 5.73 Å². The van der Waals surface area contributed by atoms with Gasteiger partial charge in [0.25, 0.3) is 0 Å². The maximum atomic E-state index is 7.01. The molecule has 3 nitrogen and oxygen atoms in total. The predicted octanol–water partition coefficient (Wildman–Crippen LogP) is 1.52. The Morgan fingerprint density at radius 3 is 2.92 bits per heavy atom. The van der Waals surface area contributed by atoms with Gasteiger partial charge in [-0.1, -0.05) is 17.8 Å². The number of thioether (sulfide) groups is 1. The van der Waals surface area contributed by atoms with Gasteiger partial charge >= 0.3 is 0 Å². The molecule has 3 N–H and O–H groups in total. The average Bonchev–Trinajstić information content (AvgIpc) is 2.03. The molecular weight excluding hydrogens is 170 g/mol. The molecule has 0 bridgehead atoms. The topological polar surface area (TPSA) is 62.8 Å². The van der Waals surface area contributed by atoms with E-state index in [1.165, 1.54) is 11.8 Å². The lowest BCUT2D eigenvalue weighted by Gasteiger charge is -1.98. The Morgan fingerprint density at radius 1 is 1.67 bits per heavy atom. The molecule has 4 heteroatoms. The Hall–Kier alpha value is -1.03. The normalized spacial score (nSPS) is 9.75. The van der Waals surface area contributed by atoms with Crippen LogP contribution in [0, 0.1) is 12.3 Å². The summed E-state index contributed by atoms with van der Waals surface area (Å²) in [5, 5.41) is 7.15. The molecular formula is C8H11N3S. The van der Waals surface area contributed by atoms with Crippen LogP contribution in [0.1, 0.15) is 11.3 Å². The number of nitrogens with two attached hydrogens (primary N) is 1. The van der Waals surface area contributed by atoms with Crippen molar-refractivity contribution in [3.05, 3.63) is 29.6 Å². The molecule has 0 atom stereocenters. The van der Waals surface area contributed by atoms with Crippen molar-refractivity contribution in [2.75, 3.05) is 0 Å². The molecule has 0 aromatic carbocycles. The Labute approximate surface area is 75.9 Å². The highest BCUT2D eigenvalue weighted by Gasteiger charge is 1.94. The molecule has 0 aliphatic carbocycles. The van der Waals surface area contributed by atoms with Crippen LogP contribution in [-0.4, -0.2) is 10.2 Å². The van der Waals surface area contributed by atoms with E-state index in [0.717, 1.165) is 17.0 Å². The van der Waals surface area contributed by atoms with E-state index in [9.17, 15) is 0 Å². The smallest absolute Gasteiger partial charge is 0.151 e. The lowest BCUT2D eigenvalue weighted by Crippen LogP contribution is -2.03. The minimum absolute atomic E-state index is 0.149. The molecule has 64 valence electrons. The van der Waals surface area contributed by atoms with Gasteiger partial charge < -0.3 is 5.73 Å². The van der Waals surface area contributed by atoms with Crippen LogP contribution in [0.25, 0.3) is 0 Å². The number of rotatable bonds is 2. The van der Waals surface area contributed by atoms with E-state index >= 15 is 0 Å². The molecule has 0 fully saturated rings. The molecule has 0 aliphatic heterocycles. The van der Waals surface area contributed by atoms with E-state index in [-0.39, 0.29) is 5.17 Å². The molecule has 0 unspecified atom stereocenters. The van der Waals surface area contributed by atoms with Crippen LogP contribution in [0.4, 0.5) is 0 Å². The van der Waals surface area contributed by atoms with Crippen molar-refractivity contribution in [2.45, 2.75) is 12.7 Å². The summed E-state index contributed by atoms with van der Waals surface area (Å²) in [5.74, 6) is 0.725. The van der Waals surface area contributed by atoms with Gasteiger partial charge in [0.15, 0.2) is 5.17 Å². The van der Waals surface area contributed by atoms with Crippen LogP contribution in [-0.2, 0) is 5.75 Å². The van der Waals surface area contributed by atoms with E-state index in [2.05, 4.69) is 4.98 Å². The quantitative estimate of drug-likeness (QED) is 0.537. The van der Waals surface area contributed by atoms with Crippen molar-refractivity contribution in [1.29, 1.82) is 5.41 Å². The number of aromatic nitrogens is 1. The van der Waals surface area contributed by atoms with Gasteiger partial charge in [0, 0.05) is 17.6 Å². The summed E-state index contributed by atoms with van der Waals surface area (Å²) in [6.45, 7) is 1.95. The molecule has 1 aromatic rings. The molecule has 0 saturated heterocycles. The van der Waals surface area contributed by atoms with E-state index in [1.807, 2.05) is 25.3 Å². The van der Waals surface area contributed by atoms with Crippen LogP contribution >= 0.6 is 11.8 Å². The number of nitrogens with one attached hydrogen (secondary N) is 1. The largest absolute Gasteiger partial charge is 0.379 e. The fraction of sp³-hybridized carbons (Fsp3) is 0.250. The highest BCUT2D eigenvalue weighted by atomic mass is 32.2. The van der Waals surface area contributed by atoms with Crippen LogP contribution in [0.3, 0.4) is 0 Å². The van der Waals surface area contributed by atoms with Crippen molar-refractivity contribution in [2.24, 2.45) is 5.73 Å². The number of amidine groups is 1. The van der Waals surface area contributed by atoms with Crippen molar-refractivity contribution < 1.29 is 0 Å². The third kappa shape index (κ3) is 2.92. The fourth-order valence-electron chi connectivity index (χ4n) is 0.745. The first-order valence-electron chi connectivity index (χ1n) is 3.57. The third-order valence-corrected chi connectivity index (χ3v) is 2.16. The highest BCUT2D eigenvalue weighted by Crippen LogP contribution is 2.10. The molecule has 12 heavy (non-hydrogen) atoms. The number of pyridine rings is 1. The Kier molecular flexibility index (Phi) is 3.10. The third-order valence-electron chi connectivity index (χ3n) is 1.37. The minimum Gasteiger partial charge on any atom is -0.379 e. The average molecular weight is 181 g/mol. The predicted molar refractivity (Wildman–Crippen MR) is 52.2 cm³/mol. The zero-order chi connectivity index (χ0) is 8.97. The molecule has 1 aromatic heterocycles. The summed E-state index contributed by atoms with van der Waals surface area (Å²) in [7, 11) is 0. The van der Waals surface area contributed by atoms with E-state index < -0.39 is 0 Å². The molecule has 1 heterocycles. The SMILES string of the molecule is Cc1ccc(CSC(=N)N)cn1. The van der Waals surface area contributed by atoms with E-state index in [1.54, 1.807) is 0 Å². The van der Waals surface area contributed by atoms with Crippen molar-refractivity contribution in [1.82, 2.24) is 4.98 Å². The fourth-order valence-corrected chi connectivity index (χ4v) is 1.24. The summed E-state index contributed by atoms with van der Waals surface area (Å²) < 4.78 is 0. The van der Waals surface area contributed by atoms with Gasteiger partial charge in [0.1, 0.15) is 0 Å². The number of aryl methyl sites for hydroxylation is 1. The highest BCUT2D eigenvalue weighted by molar-refractivity contribution is 8.13. The van der Waals surface area contributed by atoms with Crippen LogP contribution in [0.15, 0.2) is 18.3 Å². The summed E-state index contributed by atoms with van der Waals surface area (Å²) >= 11 is 1.31. The first kappa shape index (κ1) is 9.06. The zero-order valence-corrected chi connectivity index (χ0v) is 7.69. The van der Waals surface area contributed by atoms with Gasteiger partial charge in [-0.05, 0) is 18.6 Å². The number of hydrogen-bond donors (Lipinski definition) is 2. The van der Waals surface area contributed by atoms with Crippen molar-refractivity contribution in [3.8, 4) is 0 Å². The maximum Gasteiger partial charge on any atom is 0.151 e. The van der Waals surface area contributed by atoms with Gasteiger partial charge in [-0.2, -0.15) is 0 Å². The molecule has 0 saturated carbocycles. The van der Waals surface area contributed by atoms with E-state index in [0.29, 0.717) is 0 Å². The standard InChI is InChI=1S/C8H11N3S/c1-6-2-3-7(4-11-6)5-12-8(9)10/h2-4H,5H2,1H3,(H3,9,10). The molecule has 1 rings (SSSR count). The van der Waals surface area contributed by atoms with Crippen LogP contribution in [0.2, 0.25) is 0 Å². The first-order chi connectivity index (χ1) is 5.68. The summed E-state index contributed by atoms with van der Waals surface area (Å²) in [4.78, 5) is 4.13. The van der Waals surface area contributed by atoms with Crippen molar-refractivity contribution >= 4 is 16.9 Å². The second kappa shape index (κ2) is 4.11. The summed E-state index contributed by atoms with van der Waals surface area (Å²) in [6, 6.07) is 3.95. The lowest BCUT2D eigenvalue weighted by atomic mass is 10.3. The monoisotopic (exact) mass is 181 g/mol. The second-order valence-corrected chi connectivity index (χ2v) is 3.48. The minimum atomic E-state index is 0.149. The molecule has 0 radical (unpaired) electrons. The van der Waals surface area contributed by atoms with Gasteiger partial charge in [0.2, 0.25) is 0 Å². The molecule has 0 aliphatic rings. The van der Waals surface area contributed by atoms with Crippen molar-refractivity contribution in [3.63, 3.8) is 0 Å². The number of nitrogens with zero attached hydrogens (tertiary/aromatic N) is 1. The molecule has 0 spiro atoms. The Morgan fingerprint density at radius 2 is 2.42 bits per heavy atom. The van der Waals surface area contributed by atoms with Crippen LogP contribution in [0.5, 0.6) is 0 Å². The number of hydrogen-bond acceptors (Lipinski definition) is 3. The van der Waals surface area contributed by atoms with Gasteiger partial charge in [-0.3, -0.25) is 10.4 Å². The lowest BCUT2D eigenvalue weighted by molar-refractivity contribution is 1.16. The first-order valence-corrected chi connectivity index (χ1v) is 4.55. The van der Waals surface area contributed by atoms with Gasteiger partial charge in [-0.25, -0.2) is 0 Å². The van der Waals surface area contributed by atoms with E-state index in [4.69, 9.17) is 11.1 Å². The van der Waals surface area contributed by atoms with Gasteiger partial charge in [0.05, 0.1) is 0 Å². The Bertz CT molecular complexity index is 268. The van der Waals surface area contributed by atoms with Gasteiger partial charge in [-0.15, -0.1) is 0 Å². The summed E-state index contributed by atoms with van der Waals surface area (Å²) in [6.07, 6.45) is 1.81. The zero-order valence-electron chi connectivity index (χ0n) is 6.87. The molecule has 0 amide bonds. The second-order valence-electron chi connectivity index (χ2n) is 2.46. The maximum absolute atomic E-state index is 7.01.